The van der Waals surface area contributed by atoms with Crippen LogP contribution in [0.25, 0.3) is 0 Å². The van der Waals surface area contributed by atoms with Crippen LogP contribution in [0.2, 0.25) is 0 Å². The van der Waals surface area contributed by atoms with Gasteiger partial charge >= 0.3 is 5.97 Å². The normalized spacial score (nSPS) is 16.4. The van der Waals surface area contributed by atoms with Gasteiger partial charge in [0.2, 0.25) is 0 Å². The molecule has 0 amide bonds. The number of ether oxygens (including phenoxy) is 1. The van der Waals surface area contributed by atoms with E-state index in [0.29, 0.717) is 16.9 Å². The standard InChI is InChI=1S/C20H18FN3O4S/c1-3-28-19(25)17-12(2)23(14-10-8-13(21)9-11-14)20(29)22-18(17)15-6-4-5-7-16(15)24(26)27/h4-11,18H,3H2,1-2H3,(H,22,29)/t18-/m1/s1. The highest BCUT2D eigenvalue weighted by Crippen LogP contribution is 2.37. The van der Waals surface area contributed by atoms with Crippen molar-refractivity contribution < 1.29 is 18.8 Å². The van der Waals surface area contributed by atoms with E-state index in [9.17, 15) is 19.3 Å². The number of nitro groups is 1. The lowest BCUT2D eigenvalue weighted by molar-refractivity contribution is -0.385. The Kier molecular flexibility index (Phi) is 5.88. The van der Waals surface area contributed by atoms with E-state index < -0.39 is 22.8 Å². The Morgan fingerprint density at radius 2 is 1.93 bits per heavy atom. The summed E-state index contributed by atoms with van der Waals surface area (Å²) >= 11 is 5.47. The first-order valence-electron chi connectivity index (χ1n) is 8.82. The van der Waals surface area contributed by atoms with Crippen LogP contribution in [-0.4, -0.2) is 22.6 Å². The molecule has 2 aromatic carbocycles. The molecule has 0 radical (unpaired) electrons. The molecule has 0 aliphatic carbocycles. The van der Waals surface area contributed by atoms with Gasteiger partial charge < -0.3 is 10.1 Å². The number of esters is 1. The molecule has 1 aliphatic rings. The monoisotopic (exact) mass is 415 g/mol. The lowest BCUT2D eigenvalue weighted by Crippen LogP contribution is -2.48. The van der Waals surface area contributed by atoms with Crippen LogP contribution < -0.4 is 10.2 Å². The number of nitrogens with one attached hydrogen (secondary N) is 1. The van der Waals surface area contributed by atoms with Gasteiger partial charge in [0.15, 0.2) is 5.11 Å². The fourth-order valence-electron chi connectivity index (χ4n) is 3.25. The van der Waals surface area contributed by atoms with Crippen LogP contribution in [0.4, 0.5) is 15.8 Å². The molecule has 9 heteroatoms. The number of halogens is 1. The number of benzene rings is 2. The van der Waals surface area contributed by atoms with Gasteiger partial charge in [0.1, 0.15) is 5.82 Å². The minimum absolute atomic E-state index is 0.139. The first-order chi connectivity index (χ1) is 13.8. The highest BCUT2D eigenvalue weighted by molar-refractivity contribution is 7.80. The molecule has 0 bridgehead atoms. The summed E-state index contributed by atoms with van der Waals surface area (Å²) in [6.07, 6.45) is 0. The Bertz CT molecular complexity index is 1010. The molecule has 0 saturated heterocycles. The minimum Gasteiger partial charge on any atom is -0.463 e. The minimum atomic E-state index is -0.861. The molecule has 0 aromatic heterocycles. The van der Waals surface area contributed by atoms with Crippen molar-refractivity contribution in [2.75, 3.05) is 11.5 Å². The maximum Gasteiger partial charge on any atom is 0.338 e. The average Bonchev–Trinajstić information content (AvgIpc) is 2.69. The maximum absolute atomic E-state index is 13.3. The van der Waals surface area contributed by atoms with Crippen molar-refractivity contribution in [3.05, 3.63) is 81.3 Å². The number of hydrogen-bond acceptors (Lipinski definition) is 5. The molecule has 1 aliphatic heterocycles. The van der Waals surface area contributed by atoms with Crippen LogP contribution in [-0.2, 0) is 9.53 Å². The summed E-state index contributed by atoms with van der Waals surface area (Å²) in [7, 11) is 0. The van der Waals surface area contributed by atoms with Crippen LogP contribution in [0.1, 0.15) is 25.5 Å². The van der Waals surface area contributed by atoms with E-state index >= 15 is 0 Å². The van der Waals surface area contributed by atoms with Crippen molar-refractivity contribution in [3.8, 4) is 0 Å². The Morgan fingerprint density at radius 3 is 2.55 bits per heavy atom. The molecule has 29 heavy (non-hydrogen) atoms. The number of hydrogen-bond donors (Lipinski definition) is 1. The van der Waals surface area contributed by atoms with E-state index in [2.05, 4.69) is 5.32 Å². The van der Waals surface area contributed by atoms with Crippen molar-refractivity contribution in [3.63, 3.8) is 0 Å². The van der Waals surface area contributed by atoms with Crippen LogP contribution in [0, 0.1) is 15.9 Å². The van der Waals surface area contributed by atoms with Crippen molar-refractivity contribution in [2.24, 2.45) is 0 Å². The molecule has 1 atom stereocenters. The van der Waals surface area contributed by atoms with Crippen molar-refractivity contribution in [1.82, 2.24) is 5.32 Å². The maximum atomic E-state index is 13.3. The second-order valence-corrected chi connectivity index (χ2v) is 6.62. The summed E-state index contributed by atoms with van der Waals surface area (Å²) in [5.74, 6) is -1.02. The largest absolute Gasteiger partial charge is 0.463 e. The molecule has 0 saturated carbocycles. The lowest BCUT2D eigenvalue weighted by atomic mass is 9.93. The Labute approximate surface area is 171 Å². The molecule has 1 heterocycles. The number of para-hydroxylation sites is 1. The van der Waals surface area contributed by atoms with Gasteiger partial charge in [-0.25, -0.2) is 9.18 Å². The average molecular weight is 415 g/mol. The first kappa shape index (κ1) is 20.4. The van der Waals surface area contributed by atoms with E-state index in [-0.39, 0.29) is 23.0 Å². The summed E-state index contributed by atoms with van der Waals surface area (Å²) in [5, 5.41) is 14.8. The van der Waals surface area contributed by atoms with Gasteiger partial charge in [0.25, 0.3) is 5.69 Å². The van der Waals surface area contributed by atoms with E-state index in [1.54, 1.807) is 36.9 Å². The zero-order valence-corrected chi connectivity index (χ0v) is 16.5. The second-order valence-electron chi connectivity index (χ2n) is 6.23. The molecule has 0 spiro atoms. The summed E-state index contributed by atoms with van der Waals surface area (Å²) < 4.78 is 18.5. The molecule has 2 aromatic rings. The molecule has 150 valence electrons. The number of carbonyl (C=O) groups excluding carboxylic acids is 1. The predicted octanol–water partition coefficient (Wildman–Crippen LogP) is 4.01. The van der Waals surface area contributed by atoms with Gasteiger partial charge in [-0.3, -0.25) is 15.0 Å². The zero-order valence-electron chi connectivity index (χ0n) is 15.7. The highest BCUT2D eigenvalue weighted by atomic mass is 32.1. The Balaban J connectivity index is 2.18. The Morgan fingerprint density at radius 1 is 1.28 bits per heavy atom. The molecule has 7 nitrogen and oxygen atoms in total. The van der Waals surface area contributed by atoms with Crippen LogP contribution in [0.3, 0.4) is 0 Å². The summed E-state index contributed by atoms with van der Waals surface area (Å²) in [6, 6.07) is 10.9. The molecule has 0 fully saturated rings. The third-order valence-corrected chi connectivity index (χ3v) is 4.81. The molecule has 1 N–H and O–H groups in total. The summed E-state index contributed by atoms with van der Waals surface area (Å²) in [5.41, 5.74) is 1.34. The third-order valence-electron chi connectivity index (χ3n) is 4.51. The number of allylic oxidation sites excluding steroid dienone is 1. The number of nitrogens with zero attached hydrogens (tertiary/aromatic N) is 2. The van der Waals surface area contributed by atoms with Crippen LogP contribution in [0.15, 0.2) is 59.8 Å². The van der Waals surface area contributed by atoms with Gasteiger partial charge in [-0.05, 0) is 56.4 Å². The van der Waals surface area contributed by atoms with Gasteiger partial charge in [0.05, 0.1) is 28.7 Å². The third kappa shape index (κ3) is 3.95. The molecular weight excluding hydrogens is 397 g/mol. The second kappa shape index (κ2) is 8.36. The van der Waals surface area contributed by atoms with Crippen molar-refractivity contribution in [1.29, 1.82) is 0 Å². The van der Waals surface area contributed by atoms with E-state index in [1.807, 2.05) is 0 Å². The van der Waals surface area contributed by atoms with Crippen LogP contribution >= 0.6 is 12.2 Å². The fourth-order valence-corrected chi connectivity index (χ4v) is 3.61. The number of carbonyl (C=O) groups is 1. The summed E-state index contributed by atoms with van der Waals surface area (Å²) in [4.78, 5) is 25.4. The van der Waals surface area contributed by atoms with E-state index in [0.717, 1.165) is 0 Å². The number of nitro benzene ring substituents is 1. The highest BCUT2D eigenvalue weighted by Gasteiger charge is 2.38. The van der Waals surface area contributed by atoms with E-state index in [1.165, 1.54) is 30.3 Å². The van der Waals surface area contributed by atoms with Gasteiger partial charge in [0, 0.05) is 17.5 Å². The van der Waals surface area contributed by atoms with Gasteiger partial charge in [-0.2, -0.15) is 0 Å². The van der Waals surface area contributed by atoms with Gasteiger partial charge in [-0.1, -0.05) is 12.1 Å². The topological polar surface area (TPSA) is 84.7 Å². The van der Waals surface area contributed by atoms with E-state index in [4.69, 9.17) is 17.0 Å². The number of rotatable bonds is 5. The molecule has 0 unspecified atom stereocenters. The molecular formula is C20H18FN3O4S. The zero-order chi connectivity index (χ0) is 21.1. The lowest BCUT2D eigenvalue weighted by Gasteiger charge is -2.37. The quantitative estimate of drug-likeness (QED) is 0.342. The van der Waals surface area contributed by atoms with Crippen molar-refractivity contribution >= 4 is 34.7 Å². The Hall–Kier alpha value is -3.33. The smallest absolute Gasteiger partial charge is 0.338 e. The number of thiocarbonyl (C=S) groups is 1. The van der Waals surface area contributed by atoms with Crippen LogP contribution in [0.5, 0.6) is 0 Å². The fraction of sp³-hybridized carbons (Fsp3) is 0.200. The molecule has 3 rings (SSSR count). The van der Waals surface area contributed by atoms with Crippen molar-refractivity contribution in [2.45, 2.75) is 19.9 Å². The van der Waals surface area contributed by atoms with Gasteiger partial charge in [-0.15, -0.1) is 0 Å². The summed E-state index contributed by atoms with van der Waals surface area (Å²) in [6.45, 7) is 3.48. The predicted molar refractivity (Wildman–Crippen MR) is 110 cm³/mol. The number of anilines is 1. The SMILES string of the molecule is CCOC(=O)C1=C(C)N(c2ccc(F)cc2)C(=S)N[C@@H]1c1ccccc1[N+](=O)[O-]. The first-order valence-corrected chi connectivity index (χ1v) is 9.23.